The van der Waals surface area contributed by atoms with Gasteiger partial charge >= 0.3 is 5.97 Å². The van der Waals surface area contributed by atoms with Crippen molar-refractivity contribution in [2.24, 2.45) is 0 Å². The molecule has 2 N–H and O–H groups in total. The van der Waals surface area contributed by atoms with E-state index in [-0.39, 0.29) is 10.5 Å². The lowest BCUT2D eigenvalue weighted by Crippen LogP contribution is -2.13. The number of carbonyl (C=O) groups is 1. The van der Waals surface area contributed by atoms with Crippen LogP contribution in [0.5, 0.6) is 0 Å². The maximum Gasteiger partial charge on any atom is 0.335 e. The molecule has 0 aromatic heterocycles. The molecule has 104 valence electrons. The summed E-state index contributed by atoms with van der Waals surface area (Å²) >= 11 is 0. The van der Waals surface area contributed by atoms with Crippen LogP contribution in [0.2, 0.25) is 0 Å². The van der Waals surface area contributed by atoms with E-state index in [1.54, 1.807) is 25.1 Å². The SMILES string of the molecule is Cc1ccccc1NS(=O)(=O)c1ccc(C(=O)O)cc1. The van der Waals surface area contributed by atoms with E-state index >= 15 is 0 Å². The first-order valence-electron chi connectivity index (χ1n) is 5.82. The fraction of sp³-hybridized carbons (Fsp3) is 0.0714. The maximum absolute atomic E-state index is 12.2. The molecule has 0 aliphatic heterocycles. The summed E-state index contributed by atoms with van der Waals surface area (Å²) < 4.78 is 26.8. The van der Waals surface area contributed by atoms with Gasteiger partial charge in [-0.25, -0.2) is 13.2 Å². The summed E-state index contributed by atoms with van der Waals surface area (Å²) in [7, 11) is -3.72. The number of carboxylic acid groups (broad SMARTS) is 1. The van der Waals surface area contributed by atoms with Crippen LogP contribution >= 0.6 is 0 Å². The van der Waals surface area contributed by atoms with Crippen molar-refractivity contribution in [3.8, 4) is 0 Å². The number of hydrogen-bond acceptors (Lipinski definition) is 3. The summed E-state index contributed by atoms with van der Waals surface area (Å²) in [4.78, 5) is 10.8. The number of benzene rings is 2. The molecule has 0 radical (unpaired) electrons. The molecule has 0 heterocycles. The molecular weight excluding hydrogens is 278 g/mol. The molecule has 0 spiro atoms. The zero-order chi connectivity index (χ0) is 14.8. The molecule has 6 heteroatoms. The molecule has 0 atom stereocenters. The van der Waals surface area contributed by atoms with Crippen LogP contribution in [0.4, 0.5) is 5.69 Å². The average Bonchev–Trinajstić information content (AvgIpc) is 2.41. The minimum absolute atomic E-state index is 0.0192. The predicted octanol–water partition coefficient (Wildman–Crippen LogP) is 2.49. The van der Waals surface area contributed by atoms with Gasteiger partial charge in [-0.3, -0.25) is 4.72 Å². The summed E-state index contributed by atoms with van der Waals surface area (Å²) in [6, 6.07) is 12.1. The first-order chi connectivity index (χ1) is 9.40. The zero-order valence-electron chi connectivity index (χ0n) is 10.7. The summed E-state index contributed by atoms with van der Waals surface area (Å²) in [5.74, 6) is -1.10. The Morgan fingerprint density at radius 2 is 1.65 bits per heavy atom. The van der Waals surface area contributed by atoms with Gasteiger partial charge in [0.1, 0.15) is 0 Å². The Bertz CT molecular complexity index is 736. The number of sulfonamides is 1. The average molecular weight is 291 g/mol. The Kier molecular flexibility index (Phi) is 3.76. The van der Waals surface area contributed by atoms with Crippen molar-refractivity contribution < 1.29 is 18.3 Å². The summed E-state index contributed by atoms with van der Waals surface area (Å²) in [5.41, 5.74) is 1.34. The van der Waals surface area contributed by atoms with E-state index in [1.807, 2.05) is 6.07 Å². The number of nitrogens with one attached hydrogen (secondary N) is 1. The number of anilines is 1. The lowest BCUT2D eigenvalue weighted by Gasteiger charge is -2.10. The zero-order valence-corrected chi connectivity index (χ0v) is 11.5. The van der Waals surface area contributed by atoms with Crippen molar-refractivity contribution in [3.05, 3.63) is 59.7 Å². The molecule has 0 aliphatic carbocycles. The molecular formula is C14H13NO4S. The van der Waals surface area contributed by atoms with Crippen LogP contribution in [0.3, 0.4) is 0 Å². The van der Waals surface area contributed by atoms with Crippen molar-refractivity contribution in [2.45, 2.75) is 11.8 Å². The van der Waals surface area contributed by atoms with Crippen molar-refractivity contribution in [1.29, 1.82) is 0 Å². The fourth-order valence-corrected chi connectivity index (χ4v) is 2.80. The molecule has 5 nitrogen and oxygen atoms in total. The summed E-state index contributed by atoms with van der Waals surface area (Å²) in [6.45, 7) is 1.80. The van der Waals surface area contributed by atoms with Crippen molar-refractivity contribution >= 4 is 21.7 Å². The van der Waals surface area contributed by atoms with Gasteiger partial charge < -0.3 is 5.11 Å². The maximum atomic E-state index is 12.2. The summed E-state index contributed by atoms with van der Waals surface area (Å²) in [5, 5.41) is 8.79. The molecule has 0 aliphatic rings. The van der Waals surface area contributed by atoms with Gasteiger partial charge in [0.25, 0.3) is 10.0 Å². The van der Waals surface area contributed by atoms with E-state index in [2.05, 4.69) is 4.72 Å². The first kappa shape index (κ1) is 14.1. The molecule has 0 fully saturated rings. The first-order valence-corrected chi connectivity index (χ1v) is 7.30. The Balaban J connectivity index is 2.31. The van der Waals surface area contributed by atoms with Gasteiger partial charge in [0.05, 0.1) is 16.1 Å². The molecule has 2 aromatic carbocycles. The molecule has 2 aromatic rings. The minimum Gasteiger partial charge on any atom is -0.478 e. The predicted molar refractivity (Wildman–Crippen MR) is 75.4 cm³/mol. The third-order valence-corrected chi connectivity index (χ3v) is 4.18. The van der Waals surface area contributed by atoms with E-state index in [0.29, 0.717) is 5.69 Å². The van der Waals surface area contributed by atoms with Crippen LogP contribution in [0.15, 0.2) is 53.4 Å². The lowest BCUT2D eigenvalue weighted by molar-refractivity contribution is 0.0697. The van der Waals surface area contributed by atoms with Crippen LogP contribution in [-0.4, -0.2) is 19.5 Å². The smallest absolute Gasteiger partial charge is 0.335 e. The summed E-state index contributed by atoms with van der Waals surface area (Å²) in [6.07, 6.45) is 0. The minimum atomic E-state index is -3.72. The van der Waals surface area contributed by atoms with Gasteiger partial charge in [-0.2, -0.15) is 0 Å². The highest BCUT2D eigenvalue weighted by Crippen LogP contribution is 2.19. The van der Waals surface area contributed by atoms with Crippen LogP contribution in [0, 0.1) is 6.92 Å². The van der Waals surface area contributed by atoms with E-state index in [9.17, 15) is 13.2 Å². The second-order valence-corrected chi connectivity index (χ2v) is 5.93. The van der Waals surface area contributed by atoms with Gasteiger partial charge in [-0.1, -0.05) is 18.2 Å². The standard InChI is InChI=1S/C14H13NO4S/c1-10-4-2-3-5-13(10)15-20(18,19)12-8-6-11(7-9-12)14(16)17/h2-9,15H,1H3,(H,16,17). The number of aryl methyl sites for hydroxylation is 1. The van der Waals surface area contributed by atoms with Crippen molar-refractivity contribution in [2.75, 3.05) is 4.72 Å². The largest absolute Gasteiger partial charge is 0.478 e. The third-order valence-electron chi connectivity index (χ3n) is 2.80. The number of para-hydroxylation sites is 1. The Morgan fingerprint density at radius 3 is 2.20 bits per heavy atom. The van der Waals surface area contributed by atoms with Gasteiger partial charge in [0.15, 0.2) is 0 Å². The quantitative estimate of drug-likeness (QED) is 0.906. The Labute approximate surface area is 116 Å². The van der Waals surface area contributed by atoms with E-state index < -0.39 is 16.0 Å². The van der Waals surface area contributed by atoms with Crippen LogP contribution in [0.25, 0.3) is 0 Å². The molecule has 0 amide bonds. The van der Waals surface area contributed by atoms with Crippen LogP contribution in [0.1, 0.15) is 15.9 Å². The molecule has 2 rings (SSSR count). The van der Waals surface area contributed by atoms with Crippen LogP contribution in [-0.2, 0) is 10.0 Å². The third kappa shape index (κ3) is 2.97. The van der Waals surface area contributed by atoms with Gasteiger partial charge in [0.2, 0.25) is 0 Å². The normalized spacial score (nSPS) is 11.1. The van der Waals surface area contributed by atoms with Crippen LogP contribution < -0.4 is 4.72 Å². The Hall–Kier alpha value is -2.34. The van der Waals surface area contributed by atoms with E-state index in [1.165, 1.54) is 24.3 Å². The Morgan fingerprint density at radius 1 is 1.05 bits per heavy atom. The topological polar surface area (TPSA) is 83.5 Å². The number of hydrogen-bond donors (Lipinski definition) is 2. The monoisotopic (exact) mass is 291 g/mol. The number of rotatable bonds is 4. The number of carboxylic acids is 1. The molecule has 0 saturated heterocycles. The molecule has 0 unspecified atom stereocenters. The molecule has 0 bridgehead atoms. The van der Waals surface area contributed by atoms with Gasteiger partial charge in [0, 0.05) is 0 Å². The molecule has 20 heavy (non-hydrogen) atoms. The highest BCUT2D eigenvalue weighted by Gasteiger charge is 2.15. The van der Waals surface area contributed by atoms with Gasteiger partial charge in [-0.15, -0.1) is 0 Å². The van der Waals surface area contributed by atoms with E-state index in [4.69, 9.17) is 5.11 Å². The van der Waals surface area contributed by atoms with E-state index in [0.717, 1.165) is 5.56 Å². The van der Waals surface area contributed by atoms with Crippen molar-refractivity contribution in [1.82, 2.24) is 0 Å². The molecule has 0 saturated carbocycles. The van der Waals surface area contributed by atoms with Crippen molar-refractivity contribution in [3.63, 3.8) is 0 Å². The second kappa shape index (κ2) is 5.34. The van der Waals surface area contributed by atoms with Gasteiger partial charge in [-0.05, 0) is 42.8 Å². The highest BCUT2D eigenvalue weighted by molar-refractivity contribution is 7.92. The number of aromatic carboxylic acids is 1. The highest BCUT2D eigenvalue weighted by atomic mass is 32.2. The lowest BCUT2D eigenvalue weighted by atomic mass is 10.2. The fourth-order valence-electron chi connectivity index (χ4n) is 1.67. The second-order valence-electron chi connectivity index (χ2n) is 4.25.